The average Bonchev–Trinajstić information content (AvgIpc) is 3.03. The summed E-state index contributed by atoms with van der Waals surface area (Å²) in [6, 6.07) is 1.88. The molecule has 1 saturated carbocycles. The van der Waals surface area contributed by atoms with Crippen molar-refractivity contribution < 1.29 is 4.79 Å². The first-order chi connectivity index (χ1) is 10.6. The predicted octanol–water partition coefficient (Wildman–Crippen LogP) is 0.607. The lowest BCUT2D eigenvalue weighted by molar-refractivity contribution is 0.202. The number of nitrogens with zero attached hydrogens (tertiary/aromatic N) is 7. The second-order valence-corrected chi connectivity index (χ2v) is 5.57. The molecule has 118 valence electrons. The number of nitrogens with one attached hydrogen (secondary N) is 1. The summed E-state index contributed by atoms with van der Waals surface area (Å²) in [7, 11) is 1.76. The Bertz CT molecular complexity index is 618. The van der Waals surface area contributed by atoms with Crippen LogP contribution in [0.4, 0.5) is 4.79 Å². The van der Waals surface area contributed by atoms with Gasteiger partial charge in [-0.25, -0.2) is 9.48 Å². The van der Waals surface area contributed by atoms with Crippen LogP contribution in [0.1, 0.15) is 37.7 Å². The van der Waals surface area contributed by atoms with Crippen LogP contribution in [0.3, 0.4) is 0 Å². The van der Waals surface area contributed by atoms with Crippen molar-refractivity contribution in [2.75, 3.05) is 13.6 Å². The van der Waals surface area contributed by atoms with Gasteiger partial charge >= 0.3 is 6.03 Å². The van der Waals surface area contributed by atoms with Gasteiger partial charge in [0, 0.05) is 26.0 Å². The van der Waals surface area contributed by atoms with Gasteiger partial charge in [-0.1, -0.05) is 0 Å². The lowest BCUT2D eigenvalue weighted by Crippen LogP contribution is -2.40. The fourth-order valence-corrected chi connectivity index (χ4v) is 2.21. The Morgan fingerprint density at radius 3 is 3.05 bits per heavy atom. The standard InChI is InChI=1S/C13H20N8O/c1-10(12-16-17-18-21(12)11-4-5-11)15-13(22)19(2)8-9-20-7-3-6-14-20/h3,6-7,10-11H,4-5,8-9H2,1-2H3,(H,15,22)/t10-/m1/s1. The van der Waals surface area contributed by atoms with E-state index in [2.05, 4.69) is 25.9 Å². The topological polar surface area (TPSA) is 93.8 Å². The largest absolute Gasteiger partial charge is 0.328 e. The summed E-state index contributed by atoms with van der Waals surface area (Å²) in [6.45, 7) is 3.13. The highest BCUT2D eigenvalue weighted by molar-refractivity contribution is 5.74. The SMILES string of the molecule is C[C@@H](NC(=O)N(C)CCn1cccn1)c1nnnn1C1CC1. The molecule has 0 aliphatic heterocycles. The van der Waals surface area contributed by atoms with Gasteiger partial charge in [-0.2, -0.15) is 5.10 Å². The second kappa shape index (κ2) is 6.12. The van der Waals surface area contributed by atoms with Gasteiger partial charge in [0.25, 0.3) is 0 Å². The van der Waals surface area contributed by atoms with Crippen LogP contribution in [0.2, 0.25) is 0 Å². The van der Waals surface area contributed by atoms with E-state index < -0.39 is 0 Å². The zero-order valence-corrected chi connectivity index (χ0v) is 12.8. The number of carbonyl (C=O) groups is 1. The minimum Gasteiger partial charge on any atom is -0.328 e. The molecule has 9 heteroatoms. The van der Waals surface area contributed by atoms with E-state index in [-0.39, 0.29) is 12.1 Å². The molecule has 2 heterocycles. The third-order valence-electron chi connectivity index (χ3n) is 3.71. The lowest BCUT2D eigenvalue weighted by Gasteiger charge is -2.21. The molecule has 2 aromatic heterocycles. The van der Waals surface area contributed by atoms with Crippen LogP contribution in [0.15, 0.2) is 18.5 Å². The summed E-state index contributed by atoms with van der Waals surface area (Å²) in [5.74, 6) is 0.705. The minimum atomic E-state index is -0.227. The Kier molecular flexibility index (Phi) is 4.03. The number of amides is 2. The van der Waals surface area contributed by atoms with Crippen molar-refractivity contribution in [3.05, 3.63) is 24.3 Å². The third kappa shape index (κ3) is 3.23. The number of likely N-dealkylation sites (N-methyl/N-ethyl adjacent to an activating group) is 1. The average molecular weight is 304 g/mol. The highest BCUT2D eigenvalue weighted by Crippen LogP contribution is 2.35. The van der Waals surface area contributed by atoms with Crippen LogP contribution in [0.5, 0.6) is 0 Å². The van der Waals surface area contributed by atoms with Gasteiger partial charge in [0.05, 0.1) is 18.6 Å². The molecule has 0 bridgehead atoms. The summed E-state index contributed by atoms with van der Waals surface area (Å²) in [6.07, 6.45) is 5.79. The lowest BCUT2D eigenvalue weighted by atomic mass is 10.3. The maximum absolute atomic E-state index is 12.2. The van der Waals surface area contributed by atoms with Gasteiger partial charge < -0.3 is 10.2 Å². The number of carbonyl (C=O) groups excluding carboxylic acids is 1. The van der Waals surface area contributed by atoms with Crippen LogP contribution in [0.25, 0.3) is 0 Å². The van der Waals surface area contributed by atoms with E-state index in [1.165, 1.54) is 0 Å². The summed E-state index contributed by atoms with van der Waals surface area (Å²) in [5, 5.41) is 18.8. The number of hydrogen-bond donors (Lipinski definition) is 1. The predicted molar refractivity (Wildman–Crippen MR) is 77.9 cm³/mol. The van der Waals surface area contributed by atoms with Crippen molar-refractivity contribution in [1.29, 1.82) is 0 Å². The molecule has 0 aromatic carbocycles. The molecule has 22 heavy (non-hydrogen) atoms. The van der Waals surface area contributed by atoms with Crippen molar-refractivity contribution in [3.8, 4) is 0 Å². The molecule has 1 fully saturated rings. The smallest absolute Gasteiger partial charge is 0.317 e. The van der Waals surface area contributed by atoms with Gasteiger partial charge in [-0.15, -0.1) is 5.10 Å². The van der Waals surface area contributed by atoms with E-state index in [4.69, 9.17) is 0 Å². The van der Waals surface area contributed by atoms with E-state index >= 15 is 0 Å². The van der Waals surface area contributed by atoms with Crippen molar-refractivity contribution in [2.45, 2.75) is 38.4 Å². The molecule has 0 spiro atoms. The monoisotopic (exact) mass is 304 g/mol. The van der Waals surface area contributed by atoms with E-state index in [9.17, 15) is 4.79 Å². The van der Waals surface area contributed by atoms with Gasteiger partial charge in [0.15, 0.2) is 5.82 Å². The zero-order valence-electron chi connectivity index (χ0n) is 12.8. The summed E-state index contributed by atoms with van der Waals surface area (Å²) in [5.41, 5.74) is 0. The van der Waals surface area contributed by atoms with Gasteiger partial charge in [0.1, 0.15) is 0 Å². The first-order valence-corrected chi connectivity index (χ1v) is 7.42. The van der Waals surface area contributed by atoms with Crippen molar-refractivity contribution in [3.63, 3.8) is 0 Å². The molecule has 2 aromatic rings. The molecule has 3 rings (SSSR count). The quantitative estimate of drug-likeness (QED) is 0.843. The number of urea groups is 1. The Morgan fingerprint density at radius 1 is 1.55 bits per heavy atom. The molecular formula is C13H20N8O. The van der Waals surface area contributed by atoms with Crippen LogP contribution in [-0.4, -0.2) is 54.5 Å². The molecule has 1 atom stereocenters. The normalized spacial score (nSPS) is 15.5. The van der Waals surface area contributed by atoms with Crippen molar-refractivity contribution in [1.82, 2.24) is 40.2 Å². The summed E-state index contributed by atoms with van der Waals surface area (Å²) < 4.78 is 3.61. The van der Waals surface area contributed by atoms with E-state index in [0.29, 0.717) is 25.0 Å². The van der Waals surface area contributed by atoms with E-state index in [0.717, 1.165) is 12.8 Å². The number of hydrogen-bond acceptors (Lipinski definition) is 5. The first kappa shape index (κ1) is 14.5. The highest BCUT2D eigenvalue weighted by Gasteiger charge is 2.30. The van der Waals surface area contributed by atoms with Crippen LogP contribution in [0, 0.1) is 0 Å². The summed E-state index contributed by atoms with van der Waals surface area (Å²) in [4.78, 5) is 13.8. The number of tetrazole rings is 1. The van der Waals surface area contributed by atoms with E-state index in [1.807, 2.05) is 23.9 Å². The highest BCUT2D eigenvalue weighted by atomic mass is 16.2. The van der Waals surface area contributed by atoms with Gasteiger partial charge in [-0.05, 0) is 36.3 Å². The molecule has 0 radical (unpaired) electrons. The third-order valence-corrected chi connectivity index (χ3v) is 3.71. The molecule has 9 nitrogen and oxygen atoms in total. The zero-order chi connectivity index (χ0) is 15.5. The first-order valence-electron chi connectivity index (χ1n) is 7.42. The number of rotatable bonds is 6. The Hall–Kier alpha value is -2.45. The van der Waals surface area contributed by atoms with Crippen LogP contribution >= 0.6 is 0 Å². The van der Waals surface area contributed by atoms with E-state index in [1.54, 1.807) is 22.8 Å². The molecule has 2 amide bonds. The Balaban J connectivity index is 1.52. The Morgan fingerprint density at radius 2 is 2.36 bits per heavy atom. The molecule has 1 aliphatic rings. The van der Waals surface area contributed by atoms with Crippen molar-refractivity contribution >= 4 is 6.03 Å². The number of aromatic nitrogens is 6. The van der Waals surface area contributed by atoms with Gasteiger partial charge in [0.2, 0.25) is 0 Å². The Labute approximate surface area is 128 Å². The van der Waals surface area contributed by atoms with Crippen molar-refractivity contribution in [2.24, 2.45) is 0 Å². The molecule has 1 aliphatic carbocycles. The molecule has 0 saturated heterocycles. The maximum atomic E-state index is 12.2. The second-order valence-electron chi connectivity index (χ2n) is 5.57. The molecule has 0 unspecified atom stereocenters. The molecular weight excluding hydrogens is 284 g/mol. The van der Waals surface area contributed by atoms with Crippen LogP contribution in [-0.2, 0) is 6.54 Å². The fraction of sp³-hybridized carbons (Fsp3) is 0.615. The van der Waals surface area contributed by atoms with Crippen LogP contribution < -0.4 is 5.32 Å². The van der Waals surface area contributed by atoms with Gasteiger partial charge in [-0.3, -0.25) is 4.68 Å². The molecule has 1 N–H and O–H groups in total. The maximum Gasteiger partial charge on any atom is 0.317 e. The fourth-order valence-electron chi connectivity index (χ4n) is 2.21. The summed E-state index contributed by atoms with van der Waals surface area (Å²) >= 11 is 0. The minimum absolute atomic E-state index is 0.148.